The molecule has 2 unspecified atom stereocenters. The molecule has 0 aromatic carbocycles. The van der Waals surface area contributed by atoms with Gasteiger partial charge in [-0.15, -0.1) is 0 Å². The van der Waals surface area contributed by atoms with Crippen LogP contribution < -0.4 is 11.4 Å². The molecule has 2 saturated heterocycles. The lowest BCUT2D eigenvalue weighted by Gasteiger charge is -2.41. The fourth-order valence-electron chi connectivity index (χ4n) is 8.59. The lowest BCUT2D eigenvalue weighted by molar-refractivity contribution is -0.195. The summed E-state index contributed by atoms with van der Waals surface area (Å²) in [5.41, 5.74) is 4.81. The number of aromatic nitrogens is 2. The molecule has 0 amide bonds. The summed E-state index contributed by atoms with van der Waals surface area (Å²) in [6.07, 6.45) is 23.2. The number of esters is 2. The van der Waals surface area contributed by atoms with E-state index < -0.39 is 120 Å². The topological polar surface area (TPSA) is 326 Å². The molecule has 1 aromatic rings. The van der Waals surface area contributed by atoms with E-state index in [1.54, 1.807) is 0 Å². The summed E-state index contributed by atoms with van der Waals surface area (Å²) in [5, 5.41) is 57.6. The summed E-state index contributed by atoms with van der Waals surface area (Å²) in [6.45, 7) is 1.39. The van der Waals surface area contributed by atoms with Gasteiger partial charge in [0.05, 0.1) is 37.6 Å². The molecule has 0 saturated carbocycles. The summed E-state index contributed by atoms with van der Waals surface area (Å²) in [7, 11) is -11.3. The number of nitrogen functional groups attached to an aromatic ring is 1. The minimum Gasteiger partial charge on any atom is -0.462 e. The maximum Gasteiger partial charge on any atom is 0.481 e. The Hall–Kier alpha value is -3.92. The highest BCUT2D eigenvalue weighted by atomic mass is 31.3. The summed E-state index contributed by atoms with van der Waals surface area (Å²) in [4.78, 5) is 64.4. The molecule has 21 nitrogen and oxygen atoms in total. The van der Waals surface area contributed by atoms with Crippen molar-refractivity contribution in [3.63, 3.8) is 0 Å². The SMILES string of the molecule is CC/C=C\C/C=C\C/C=C\C/C=C\C/C=C\CCCCCC(=O)O[C@@H]1COC(=O)CCCCCC[C@@H]2[C@H](n3ccc(N)nc3=O)O[C@H](COP(=O)(O)OP(=O)(O)OC1)[C@@H](O)[C@@H](O)[C@@H](/C=C/[C@@H](O)CCCCC)[C@H](O)C[C@@H]2O. The van der Waals surface area contributed by atoms with Gasteiger partial charge in [0.1, 0.15) is 30.9 Å². The van der Waals surface area contributed by atoms with Crippen LogP contribution in [0.4, 0.5) is 5.82 Å². The van der Waals surface area contributed by atoms with Crippen LogP contribution in [0.25, 0.3) is 0 Å². The molecule has 9 N–H and O–H groups in total. The molecule has 23 heteroatoms. The molecule has 12 atom stereocenters. The Morgan fingerprint density at radius 3 is 2.09 bits per heavy atom. The Balaban J connectivity index is 1.74. The Morgan fingerprint density at radius 2 is 1.44 bits per heavy atom. The molecular weight excluding hydrogens is 1040 g/mol. The summed E-state index contributed by atoms with van der Waals surface area (Å²) in [6, 6.07) is 1.26. The van der Waals surface area contributed by atoms with E-state index in [2.05, 4.69) is 77.0 Å². The summed E-state index contributed by atoms with van der Waals surface area (Å²) >= 11 is 0. The third-order valence-electron chi connectivity index (χ3n) is 12.8. The molecule has 3 rings (SSSR count). The summed E-state index contributed by atoms with van der Waals surface area (Å²) < 4.78 is 59.3. The molecule has 436 valence electrons. The minimum atomic E-state index is -5.71. The summed E-state index contributed by atoms with van der Waals surface area (Å²) in [5.74, 6) is -4.06. The predicted molar refractivity (Wildman–Crippen MR) is 290 cm³/mol. The fourth-order valence-corrected chi connectivity index (χ4v) is 10.7. The van der Waals surface area contributed by atoms with Crippen LogP contribution in [0.2, 0.25) is 0 Å². The molecule has 2 aliphatic heterocycles. The van der Waals surface area contributed by atoms with Crippen LogP contribution in [0.1, 0.15) is 155 Å². The number of ether oxygens (including phenoxy) is 3. The van der Waals surface area contributed by atoms with Crippen molar-refractivity contribution < 1.29 is 81.6 Å². The van der Waals surface area contributed by atoms with Gasteiger partial charge >= 0.3 is 33.3 Å². The van der Waals surface area contributed by atoms with Gasteiger partial charge in [0.15, 0.2) is 6.10 Å². The molecule has 2 bridgehead atoms. The number of carbonyl (C=O) groups excluding carboxylic acids is 2. The second-order valence-corrected chi connectivity index (χ2v) is 22.4. The standard InChI is InChI=1S/C54H87N3O18P2/c1-3-5-7-8-9-10-11-12-13-14-15-16-17-18-19-20-21-22-28-32-50(62)73-42-38-70-49(61)31-27-24-23-26-30-44-46(60)37-45(59)43(34-33-41(58)29-25-6-4-2)51(63)52(64)47(40-72-77(68,69)75-76(66,67)71-39-42)74-53(44)57-36-35-48(55)56-54(57)65/h5,7,9-10,12-13,15-16,18-19,33-36,41-47,51-53,58-60,63-64H,3-4,6,8,11,14,17,20-32,37-40H2,1-2H3,(H,66,67)(H,68,69)(H2,55,56,65)/b7-5-,10-9-,13-12-,16-15-,19-18-,34-33+/t41-,42+,43-,44-,45+,46-,47+,51-,52+,53+/m0/s1. The number of unbranched alkanes of at least 4 members (excludes halogenated alkanes) is 5. The second-order valence-electron chi connectivity index (χ2n) is 19.3. The maximum atomic E-state index is 13.4. The van der Waals surface area contributed by atoms with Gasteiger partial charge in [-0.3, -0.25) is 23.2 Å². The Morgan fingerprint density at radius 1 is 0.805 bits per heavy atom. The van der Waals surface area contributed by atoms with Crippen molar-refractivity contribution in [2.24, 2.45) is 11.8 Å². The molecule has 77 heavy (non-hydrogen) atoms. The Labute approximate surface area is 453 Å². The number of carbonyl (C=O) groups is 2. The molecule has 2 fully saturated rings. The van der Waals surface area contributed by atoms with Gasteiger partial charge in [-0.1, -0.05) is 132 Å². The number of nitrogens with zero attached hydrogens (tertiary/aromatic N) is 2. The zero-order valence-corrected chi connectivity index (χ0v) is 46.6. The van der Waals surface area contributed by atoms with Gasteiger partial charge in [0.2, 0.25) is 0 Å². The monoisotopic (exact) mass is 1130 g/mol. The molecular formula is C54H87N3O18P2. The van der Waals surface area contributed by atoms with Crippen molar-refractivity contribution in [1.82, 2.24) is 9.55 Å². The van der Waals surface area contributed by atoms with Crippen molar-refractivity contribution in [1.29, 1.82) is 0 Å². The molecule has 2 aliphatic rings. The van der Waals surface area contributed by atoms with Crippen LogP contribution in [-0.2, 0) is 46.3 Å². The van der Waals surface area contributed by atoms with Gasteiger partial charge in [0.25, 0.3) is 0 Å². The van der Waals surface area contributed by atoms with Gasteiger partial charge in [0, 0.05) is 37.3 Å². The first-order valence-electron chi connectivity index (χ1n) is 27.2. The number of nitrogens with two attached hydrogens (primary N) is 1. The van der Waals surface area contributed by atoms with E-state index in [0.29, 0.717) is 51.4 Å². The Bertz CT molecular complexity index is 2200. The van der Waals surface area contributed by atoms with Gasteiger partial charge < -0.3 is 55.3 Å². The zero-order valence-electron chi connectivity index (χ0n) is 44.8. The van der Waals surface area contributed by atoms with Crippen molar-refractivity contribution >= 4 is 33.4 Å². The molecule has 3 heterocycles. The van der Waals surface area contributed by atoms with Gasteiger partial charge in [-0.25, -0.2) is 13.9 Å². The number of aliphatic hydroxyl groups is 5. The van der Waals surface area contributed by atoms with Crippen LogP contribution in [0.15, 0.2) is 90.0 Å². The van der Waals surface area contributed by atoms with E-state index in [9.17, 15) is 58.8 Å². The third-order valence-corrected chi connectivity index (χ3v) is 15.5. The quantitative estimate of drug-likeness (QED) is 0.0222. The average molecular weight is 1130 g/mol. The van der Waals surface area contributed by atoms with Crippen molar-refractivity contribution in [3.05, 3.63) is 95.7 Å². The van der Waals surface area contributed by atoms with Gasteiger partial charge in [-0.2, -0.15) is 9.29 Å². The minimum absolute atomic E-state index is 0.0356. The number of rotatable bonds is 23. The number of hydrogen-bond acceptors (Lipinski definition) is 18. The second kappa shape index (κ2) is 37.9. The van der Waals surface area contributed by atoms with Crippen LogP contribution >= 0.6 is 15.6 Å². The first-order chi connectivity index (χ1) is 36.9. The number of hydrogen-bond donors (Lipinski definition) is 8. The number of anilines is 1. The number of allylic oxidation sites excluding steroid dienone is 10. The van der Waals surface area contributed by atoms with Crippen molar-refractivity contribution in [2.75, 3.05) is 25.6 Å². The van der Waals surface area contributed by atoms with E-state index in [4.69, 9.17) is 29.0 Å². The largest absolute Gasteiger partial charge is 0.481 e. The van der Waals surface area contributed by atoms with E-state index >= 15 is 0 Å². The maximum absolute atomic E-state index is 13.4. The normalized spacial score (nSPS) is 29.9. The number of fused-ring (bicyclic) bond motifs is 3. The molecule has 1 aromatic heterocycles. The molecule has 0 radical (unpaired) electrons. The van der Waals surface area contributed by atoms with Crippen LogP contribution in [0, 0.1) is 11.8 Å². The number of cyclic esters (lactones) is 1. The van der Waals surface area contributed by atoms with E-state index in [1.807, 2.05) is 6.92 Å². The average Bonchev–Trinajstić information content (AvgIpc) is 3.37. The highest BCUT2D eigenvalue weighted by Gasteiger charge is 2.45. The highest BCUT2D eigenvalue weighted by molar-refractivity contribution is 7.61. The van der Waals surface area contributed by atoms with Crippen molar-refractivity contribution in [2.45, 2.75) is 198 Å². The lowest BCUT2D eigenvalue weighted by atomic mass is 9.82. The highest BCUT2D eigenvalue weighted by Crippen LogP contribution is 2.60. The number of phosphoric acid groups is 2. The predicted octanol–water partition coefficient (Wildman–Crippen LogP) is 8.05. The van der Waals surface area contributed by atoms with E-state index in [0.717, 1.165) is 62.4 Å². The lowest BCUT2D eigenvalue weighted by Crippen LogP contribution is -2.52. The van der Waals surface area contributed by atoms with Crippen molar-refractivity contribution in [3.8, 4) is 0 Å². The molecule has 0 aliphatic carbocycles. The fraction of sp³-hybridized carbons (Fsp3) is 0.667. The number of aliphatic hydroxyl groups excluding tert-OH is 5. The Kier molecular flexibility index (Phi) is 33.1. The smallest absolute Gasteiger partial charge is 0.462 e. The van der Waals surface area contributed by atoms with Crippen LogP contribution in [0.3, 0.4) is 0 Å². The van der Waals surface area contributed by atoms with E-state index in [-0.39, 0.29) is 25.1 Å². The van der Waals surface area contributed by atoms with E-state index in [1.165, 1.54) is 24.4 Å². The number of phosphoric ester groups is 2. The van der Waals surface area contributed by atoms with Gasteiger partial charge in [-0.05, 0) is 76.7 Å². The first kappa shape index (κ1) is 67.4. The van der Waals surface area contributed by atoms with Crippen LogP contribution in [0.5, 0.6) is 0 Å². The molecule has 0 spiro atoms. The van der Waals surface area contributed by atoms with Crippen LogP contribution in [-0.4, -0.2) is 119 Å². The third kappa shape index (κ3) is 28.2. The first-order valence-corrected chi connectivity index (χ1v) is 30.2. The zero-order chi connectivity index (χ0) is 56.5.